The third-order valence-corrected chi connectivity index (χ3v) is 5.41. The van der Waals surface area contributed by atoms with E-state index in [-0.39, 0.29) is 12.3 Å². The van der Waals surface area contributed by atoms with Gasteiger partial charge in [0.1, 0.15) is 23.9 Å². The molecular weight excluding hydrogens is 495 g/mol. The fourth-order valence-electron chi connectivity index (χ4n) is 2.55. The maximum Gasteiger partial charge on any atom is 0.278 e. The number of aryl methyl sites for hydroxylation is 2. The van der Waals surface area contributed by atoms with Crippen molar-refractivity contribution in [3.05, 3.63) is 73.7 Å². The summed E-state index contributed by atoms with van der Waals surface area (Å²) in [6.07, 6.45) is 0.948. The van der Waals surface area contributed by atoms with Gasteiger partial charge < -0.3 is 14.6 Å². The lowest BCUT2D eigenvalue weighted by molar-refractivity contribution is 0.101. The summed E-state index contributed by atoms with van der Waals surface area (Å²) in [6, 6.07) is 10.3. The molecule has 28 heavy (non-hydrogen) atoms. The number of carbonyl (C=O) groups excluding carboxylic acids is 1. The van der Waals surface area contributed by atoms with Crippen molar-refractivity contribution in [2.45, 2.75) is 26.9 Å². The molecule has 1 N–H and O–H groups in total. The highest BCUT2D eigenvalue weighted by molar-refractivity contribution is 9.11. The highest BCUT2D eigenvalue weighted by Gasteiger charge is 2.22. The fourth-order valence-corrected chi connectivity index (χ4v) is 3.88. The van der Waals surface area contributed by atoms with Gasteiger partial charge in [-0.15, -0.1) is 0 Å². The van der Waals surface area contributed by atoms with Crippen LogP contribution in [0.15, 0.2) is 49.9 Å². The molecule has 0 saturated heterocycles. The molecule has 8 heteroatoms. The number of rotatable bonds is 6. The zero-order valence-corrected chi connectivity index (χ0v) is 18.4. The van der Waals surface area contributed by atoms with E-state index in [2.05, 4.69) is 49.3 Å². The number of ether oxygens (including phenoxy) is 1. The van der Waals surface area contributed by atoms with Gasteiger partial charge in [-0.2, -0.15) is 0 Å². The van der Waals surface area contributed by atoms with Gasteiger partial charge in [-0.05, 0) is 75.0 Å². The first kappa shape index (κ1) is 20.5. The lowest BCUT2D eigenvalue weighted by Crippen LogP contribution is -2.16. The molecule has 3 rings (SSSR count). The van der Waals surface area contributed by atoms with Gasteiger partial charge in [0.25, 0.3) is 5.91 Å². The quantitative estimate of drug-likeness (QED) is 0.438. The largest absolute Gasteiger partial charge is 0.489 e. The minimum Gasteiger partial charge on any atom is -0.489 e. The van der Waals surface area contributed by atoms with Crippen LogP contribution in [-0.4, -0.2) is 11.1 Å². The third kappa shape index (κ3) is 4.62. The number of carbonyl (C=O) groups is 1. The Bertz CT molecular complexity index is 980. The number of nitrogens with one attached hydrogen (secondary N) is 1. The Morgan fingerprint density at radius 3 is 2.46 bits per heavy atom. The average molecular weight is 512 g/mol. The van der Waals surface area contributed by atoms with Crippen molar-refractivity contribution in [2.24, 2.45) is 0 Å². The van der Waals surface area contributed by atoms with Crippen molar-refractivity contribution >= 4 is 43.5 Å². The second-order valence-electron chi connectivity index (χ2n) is 6.05. The van der Waals surface area contributed by atoms with E-state index in [1.165, 1.54) is 17.7 Å². The molecular formula is C20H17Br2FN2O3. The number of hydrogen-bond donors (Lipinski definition) is 1. The number of nitrogens with zero attached hydrogens (tertiary/aromatic N) is 1. The summed E-state index contributed by atoms with van der Waals surface area (Å²) in [5.41, 5.74) is 2.27. The molecule has 1 aromatic heterocycles. The molecule has 1 amide bonds. The Balaban J connectivity index is 1.77. The van der Waals surface area contributed by atoms with Crippen LogP contribution in [0.4, 0.5) is 10.1 Å². The molecule has 2 aromatic carbocycles. The number of aromatic nitrogens is 1. The zero-order chi connectivity index (χ0) is 20.3. The van der Waals surface area contributed by atoms with Gasteiger partial charge in [-0.1, -0.05) is 24.2 Å². The average Bonchev–Trinajstić information content (AvgIpc) is 3.04. The lowest BCUT2D eigenvalue weighted by Gasteiger charge is -2.10. The molecule has 5 nitrogen and oxygen atoms in total. The van der Waals surface area contributed by atoms with Crippen LogP contribution in [0.2, 0.25) is 0 Å². The lowest BCUT2D eigenvalue weighted by atomic mass is 10.1. The van der Waals surface area contributed by atoms with Gasteiger partial charge in [-0.25, -0.2) is 4.39 Å². The van der Waals surface area contributed by atoms with Gasteiger partial charge in [0, 0.05) is 8.95 Å². The minimum atomic E-state index is -0.482. The molecule has 146 valence electrons. The second-order valence-corrected chi connectivity index (χ2v) is 7.76. The first-order valence-electron chi connectivity index (χ1n) is 8.51. The SMILES string of the molecule is CCc1ccc(OCc2c(C(=O)Nc3c(Br)cc(F)cc3Br)noc2C)cc1. The Hall–Kier alpha value is -2.19. The number of halogens is 3. The summed E-state index contributed by atoms with van der Waals surface area (Å²) in [7, 11) is 0. The minimum absolute atomic E-state index is 0.116. The standard InChI is InChI=1S/C20H17Br2FN2O3/c1-3-12-4-6-14(7-5-12)27-10-15-11(2)28-25-18(15)20(26)24-19-16(21)8-13(23)9-17(19)22/h4-9H,3,10H2,1-2H3,(H,24,26). The molecule has 0 unspecified atom stereocenters. The molecule has 0 spiro atoms. The number of amides is 1. The molecule has 0 saturated carbocycles. The Morgan fingerprint density at radius 1 is 1.21 bits per heavy atom. The second kappa shape index (κ2) is 8.87. The predicted molar refractivity (Wildman–Crippen MR) is 111 cm³/mol. The van der Waals surface area contributed by atoms with Crippen LogP contribution in [-0.2, 0) is 13.0 Å². The highest BCUT2D eigenvalue weighted by atomic mass is 79.9. The third-order valence-electron chi connectivity index (χ3n) is 4.16. The van der Waals surface area contributed by atoms with Crippen LogP contribution in [0, 0.1) is 12.7 Å². The van der Waals surface area contributed by atoms with Crippen molar-refractivity contribution in [1.82, 2.24) is 5.16 Å². The van der Waals surface area contributed by atoms with Crippen LogP contribution in [0.1, 0.15) is 34.3 Å². The topological polar surface area (TPSA) is 64.4 Å². The van der Waals surface area contributed by atoms with E-state index in [4.69, 9.17) is 9.26 Å². The fraction of sp³-hybridized carbons (Fsp3) is 0.200. The van der Waals surface area contributed by atoms with Crippen molar-refractivity contribution in [3.63, 3.8) is 0 Å². The summed E-state index contributed by atoms with van der Waals surface area (Å²) >= 11 is 6.48. The monoisotopic (exact) mass is 510 g/mol. The summed E-state index contributed by atoms with van der Waals surface area (Å²) < 4.78 is 25.2. The van der Waals surface area contributed by atoms with Crippen LogP contribution in [0.3, 0.4) is 0 Å². The van der Waals surface area contributed by atoms with E-state index >= 15 is 0 Å². The Labute approximate surface area is 178 Å². The van der Waals surface area contributed by atoms with Gasteiger partial charge in [0.2, 0.25) is 0 Å². The van der Waals surface area contributed by atoms with Gasteiger partial charge in [0.15, 0.2) is 5.69 Å². The molecule has 0 bridgehead atoms. The summed E-state index contributed by atoms with van der Waals surface area (Å²) in [4.78, 5) is 12.7. The zero-order valence-electron chi connectivity index (χ0n) is 15.2. The molecule has 0 aliphatic rings. The number of anilines is 1. The molecule has 1 heterocycles. The Kier molecular flexibility index (Phi) is 6.51. The normalized spacial score (nSPS) is 10.8. The first-order valence-corrected chi connectivity index (χ1v) is 10.1. The molecule has 0 aliphatic heterocycles. The molecule has 0 radical (unpaired) electrons. The van der Waals surface area contributed by atoms with Crippen LogP contribution in [0.5, 0.6) is 5.75 Å². The number of hydrogen-bond acceptors (Lipinski definition) is 4. The van der Waals surface area contributed by atoms with Gasteiger partial charge in [0.05, 0.1) is 11.3 Å². The van der Waals surface area contributed by atoms with E-state index in [0.29, 0.717) is 31.7 Å². The van der Waals surface area contributed by atoms with Crippen LogP contribution < -0.4 is 10.1 Å². The van der Waals surface area contributed by atoms with E-state index in [1.54, 1.807) is 6.92 Å². The van der Waals surface area contributed by atoms with Crippen LogP contribution in [0.25, 0.3) is 0 Å². The predicted octanol–water partition coefficient (Wildman–Crippen LogP) is 6.04. The highest BCUT2D eigenvalue weighted by Crippen LogP contribution is 2.32. The maximum atomic E-state index is 13.4. The van der Waals surface area contributed by atoms with E-state index < -0.39 is 11.7 Å². The Morgan fingerprint density at radius 2 is 1.86 bits per heavy atom. The molecule has 3 aromatic rings. The van der Waals surface area contributed by atoms with E-state index in [0.717, 1.165) is 6.42 Å². The van der Waals surface area contributed by atoms with E-state index in [1.807, 2.05) is 24.3 Å². The van der Waals surface area contributed by atoms with Crippen molar-refractivity contribution < 1.29 is 18.4 Å². The summed E-state index contributed by atoms with van der Waals surface area (Å²) in [6.45, 7) is 3.93. The number of benzene rings is 2. The maximum absolute atomic E-state index is 13.4. The summed E-state index contributed by atoms with van der Waals surface area (Å²) in [5, 5.41) is 6.57. The molecule has 0 aliphatic carbocycles. The molecule has 0 fully saturated rings. The van der Waals surface area contributed by atoms with E-state index in [9.17, 15) is 9.18 Å². The first-order chi connectivity index (χ1) is 13.4. The van der Waals surface area contributed by atoms with Crippen molar-refractivity contribution in [3.8, 4) is 5.75 Å². The summed E-state index contributed by atoms with van der Waals surface area (Å²) in [5.74, 6) is 0.266. The molecule has 0 atom stereocenters. The van der Waals surface area contributed by atoms with Crippen molar-refractivity contribution in [1.29, 1.82) is 0 Å². The van der Waals surface area contributed by atoms with Gasteiger partial charge >= 0.3 is 0 Å². The van der Waals surface area contributed by atoms with Crippen LogP contribution >= 0.6 is 31.9 Å². The van der Waals surface area contributed by atoms with Gasteiger partial charge in [-0.3, -0.25) is 4.79 Å². The smallest absolute Gasteiger partial charge is 0.278 e. The van der Waals surface area contributed by atoms with Crippen molar-refractivity contribution in [2.75, 3.05) is 5.32 Å².